The first kappa shape index (κ1) is 9.61. The van der Waals surface area contributed by atoms with Crippen molar-refractivity contribution in [2.45, 2.75) is 6.04 Å². The Morgan fingerprint density at radius 1 is 1.33 bits per heavy atom. The normalized spacial score (nSPS) is 9.75. The van der Waals surface area contributed by atoms with Gasteiger partial charge in [0.2, 0.25) is 11.8 Å². The number of carbonyl (C=O) groups is 1. The van der Waals surface area contributed by atoms with E-state index in [9.17, 15) is 4.79 Å². The van der Waals surface area contributed by atoms with E-state index < -0.39 is 17.7 Å². The van der Waals surface area contributed by atoms with Gasteiger partial charge in [-0.3, -0.25) is 4.79 Å². The van der Waals surface area contributed by atoms with Gasteiger partial charge in [-0.25, -0.2) is 4.99 Å². The Balaban J connectivity index is 4.76. The number of primary amides is 1. The number of rotatable bonds is 2. The zero-order chi connectivity index (χ0) is 9.56. The Hall–Kier alpha value is -2.39. The van der Waals surface area contributed by atoms with Gasteiger partial charge in [-0.2, -0.15) is 15.8 Å². The van der Waals surface area contributed by atoms with E-state index in [2.05, 4.69) is 4.99 Å². The molecular weight excluding hydrogens is 158 g/mol. The number of nitrogens with zero attached hydrogens (tertiary/aromatic N) is 4. The van der Waals surface area contributed by atoms with Crippen molar-refractivity contribution in [3.8, 4) is 18.2 Å². The number of amides is 1. The molecule has 0 heterocycles. The molecule has 0 unspecified atom stereocenters. The Bertz CT molecular complexity index is 320. The maximum absolute atomic E-state index is 10.4. The van der Waals surface area contributed by atoms with Gasteiger partial charge in [0.05, 0.1) is 6.07 Å². The molecule has 0 rings (SSSR count). The van der Waals surface area contributed by atoms with Crippen LogP contribution in [0.3, 0.4) is 0 Å². The van der Waals surface area contributed by atoms with Gasteiger partial charge < -0.3 is 5.73 Å². The van der Waals surface area contributed by atoms with Crippen molar-refractivity contribution in [3.05, 3.63) is 0 Å². The van der Waals surface area contributed by atoms with Crippen molar-refractivity contribution < 1.29 is 4.79 Å². The SMILES string of the molecule is N#CC(C#N)=N[C@@H](C#N)C(N)=O. The first-order chi connectivity index (χ1) is 5.65. The predicted molar refractivity (Wildman–Crippen MR) is 37.3 cm³/mol. The largest absolute Gasteiger partial charge is 0.367 e. The summed E-state index contributed by atoms with van der Waals surface area (Å²) in [6, 6.07) is 2.78. The molecule has 0 aliphatic carbocycles. The maximum atomic E-state index is 10.4. The van der Waals surface area contributed by atoms with Crippen LogP contribution in [0.4, 0.5) is 0 Å². The molecule has 0 aromatic rings. The Morgan fingerprint density at radius 3 is 2.08 bits per heavy atom. The highest BCUT2D eigenvalue weighted by Crippen LogP contribution is 1.88. The fourth-order valence-corrected chi connectivity index (χ4v) is 0.368. The lowest BCUT2D eigenvalue weighted by Crippen LogP contribution is -2.26. The van der Waals surface area contributed by atoms with Crippen molar-refractivity contribution in [1.29, 1.82) is 15.8 Å². The molecule has 1 amide bonds. The molecule has 0 radical (unpaired) electrons. The first-order valence-electron chi connectivity index (χ1n) is 2.72. The van der Waals surface area contributed by atoms with Gasteiger partial charge in [0, 0.05) is 0 Å². The molecule has 6 heteroatoms. The van der Waals surface area contributed by atoms with Crippen LogP contribution in [-0.2, 0) is 4.79 Å². The summed E-state index contributed by atoms with van der Waals surface area (Å²) in [6.07, 6.45) is 0. The summed E-state index contributed by atoms with van der Waals surface area (Å²) in [5.74, 6) is -0.986. The third-order valence-electron chi connectivity index (χ3n) is 0.862. The molecule has 0 aliphatic rings. The van der Waals surface area contributed by atoms with E-state index in [0.717, 1.165) is 0 Å². The van der Waals surface area contributed by atoms with E-state index in [4.69, 9.17) is 21.5 Å². The molecule has 0 aliphatic heterocycles. The topological polar surface area (TPSA) is 127 Å². The number of nitrogens with two attached hydrogens (primary N) is 1. The molecule has 0 bridgehead atoms. The van der Waals surface area contributed by atoms with E-state index in [0.29, 0.717) is 0 Å². The lowest BCUT2D eigenvalue weighted by molar-refractivity contribution is -0.118. The molecule has 58 valence electrons. The molecule has 1 atom stereocenters. The number of hydrogen-bond donors (Lipinski definition) is 1. The van der Waals surface area contributed by atoms with Gasteiger partial charge in [-0.1, -0.05) is 0 Å². The first-order valence-corrected chi connectivity index (χ1v) is 2.72. The zero-order valence-electron chi connectivity index (χ0n) is 5.85. The van der Waals surface area contributed by atoms with Crippen LogP contribution in [0.15, 0.2) is 4.99 Å². The fourth-order valence-electron chi connectivity index (χ4n) is 0.368. The minimum absolute atomic E-state index is 0.541. The average Bonchev–Trinajstić information content (AvgIpc) is 2.06. The van der Waals surface area contributed by atoms with E-state index in [1.165, 1.54) is 18.2 Å². The van der Waals surface area contributed by atoms with Crippen LogP contribution in [0.2, 0.25) is 0 Å². The van der Waals surface area contributed by atoms with Crippen molar-refractivity contribution in [2.75, 3.05) is 0 Å². The maximum Gasteiger partial charge on any atom is 0.256 e. The fraction of sp³-hybridized carbons (Fsp3) is 0.167. The van der Waals surface area contributed by atoms with Gasteiger partial charge in [-0.15, -0.1) is 0 Å². The monoisotopic (exact) mass is 161 g/mol. The van der Waals surface area contributed by atoms with E-state index in [1.54, 1.807) is 0 Å². The molecule has 12 heavy (non-hydrogen) atoms. The smallest absolute Gasteiger partial charge is 0.256 e. The van der Waals surface area contributed by atoms with Gasteiger partial charge in [-0.05, 0) is 0 Å². The molecule has 0 aromatic carbocycles. The molecule has 2 N–H and O–H groups in total. The predicted octanol–water partition coefficient (Wildman–Crippen LogP) is -1.15. The van der Waals surface area contributed by atoms with Crippen LogP contribution in [0.1, 0.15) is 0 Å². The highest BCUT2D eigenvalue weighted by atomic mass is 16.1. The van der Waals surface area contributed by atoms with Gasteiger partial charge in [0.25, 0.3) is 5.91 Å². The van der Waals surface area contributed by atoms with Crippen LogP contribution in [0, 0.1) is 34.0 Å². The van der Waals surface area contributed by atoms with E-state index in [-0.39, 0.29) is 0 Å². The Morgan fingerprint density at radius 2 is 1.83 bits per heavy atom. The summed E-state index contributed by atoms with van der Waals surface area (Å²) in [5, 5.41) is 24.6. The van der Waals surface area contributed by atoms with Crippen LogP contribution >= 0.6 is 0 Å². The minimum atomic E-state index is -1.46. The third kappa shape index (κ3) is 2.47. The van der Waals surface area contributed by atoms with Gasteiger partial charge in [0.1, 0.15) is 12.1 Å². The lowest BCUT2D eigenvalue weighted by atomic mass is 10.3. The summed E-state index contributed by atoms with van der Waals surface area (Å²) in [5.41, 5.74) is 4.18. The molecule has 6 nitrogen and oxygen atoms in total. The zero-order valence-corrected chi connectivity index (χ0v) is 5.85. The number of nitriles is 3. The summed E-state index contributed by atoms with van der Waals surface area (Å²) in [7, 11) is 0. The standard InChI is InChI=1S/C6H3N5O/c7-1-4(2-8)11-5(3-9)6(10)12/h5H,(H2,10,12)/t5-/m0/s1. The summed E-state index contributed by atoms with van der Waals surface area (Å²) < 4.78 is 0. The molecule has 0 aromatic heterocycles. The summed E-state index contributed by atoms with van der Waals surface area (Å²) in [6.45, 7) is 0. The second kappa shape index (κ2) is 4.43. The Labute approximate surface area is 68.1 Å². The highest BCUT2D eigenvalue weighted by Gasteiger charge is 2.12. The Kier molecular flexibility index (Phi) is 3.55. The average molecular weight is 161 g/mol. The third-order valence-corrected chi connectivity index (χ3v) is 0.862. The van der Waals surface area contributed by atoms with Crippen LogP contribution in [-0.4, -0.2) is 17.7 Å². The summed E-state index contributed by atoms with van der Waals surface area (Å²) >= 11 is 0. The molecule has 0 fully saturated rings. The molecule has 0 saturated heterocycles. The second-order valence-electron chi connectivity index (χ2n) is 1.64. The van der Waals surface area contributed by atoms with Crippen molar-refractivity contribution in [3.63, 3.8) is 0 Å². The van der Waals surface area contributed by atoms with Crippen LogP contribution < -0.4 is 5.73 Å². The van der Waals surface area contributed by atoms with Gasteiger partial charge in [0.15, 0.2) is 0 Å². The second-order valence-corrected chi connectivity index (χ2v) is 1.64. The van der Waals surface area contributed by atoms with Crippen molar-refractivity contribution in [2.24, 2.45) is 10.7 Å². The lowest BCUT2D eigenvalue weighted by Gasteiger charge is -1.93. The van der Waals surface area contributed by atoms with Crippen molar-refractivity contribution >= 4 is 11.6 Å². The van der Waals surface area contributed by atoms with Gasteiger partial charge >= 0.3 is 0 Å². The number of carbonyl (C=O) groups excluding carboxylic acids is 1. The van der Waals surface area contributed by atoms with E-state index in [1.807, 2.05) is 0 Å². The van der Waals surface area contributed by atoms with Crippen LogP contribution in [0.25, 0.3) is 0 Å². The number of aliphatic imine (C=N–C) groups is 1. The molecule has 0 spiro atoms. The summed E-state index contributed by atoms with van der Waals surface area (Å²) in [4.78, 5) is 13.6. The van der Waals surface area contributed by atoms with E-state index >= 15 is 0 Å². The van der Waals surface area contributed by atoms with Crippen molar-refractivity contribution in [1.82, 2.24) is 0 Å². The van der Waals surface area contributed by atoms with Crippen LogP contribution in [0.5, 0.6) is 0 Å². The highest BCUT2D eigenvalue weighted by molar-refractivity contribution is 6.11. The molecular formula is C6H3N5O. The number of hydrogen-bond acceptors (Lipinski definition) is 5. The quantitative estimate of drug-likeness (QED) is 0.513. The molecule has 0 saturated carbocycles. The minimum Gasteiger partial charge on any atom is -0.367 e.